The van der Waals surface area contributed by atoms with E-state index in [0.717, 1.165) is 0 Å². The molecule has 0 spiro atoms. The van der Waals surface area contributed by atoms with Crippen LogP contribution in [-0.4, -0.2) is 17.9 Å². The monoisotopic (exact) mass is 190 g/mol. The van der Waals surface area contributed by atoms with Crippen LogP contribution in [-0.2, 0) is 4.52 Å². The summed E-state index contributed by atoms with van der Waals surface area (Å²) >= 11 is 10.5. The largest absolute Gasteiger partial charge is 0.820 e. The first kappa shape index (κ1) is 9.89. The molecule has 0 saturated heterocycles. The summed E-state index contributed by atoms with van der Waals surface area (Å²) in [6, 6.07) is 0. The summed E-state index contributed by atoms with van der Waals surface area (Å²) in [5, 5.41) is 0. The van der Waals surface area contributed by atoms with Crippen molar-refractivity contribution in [1.29, 1.82) is 0 Å². The molecule has 0 heterocycles. The fourth-order valence-electron chi connectivity index (χ4n) is 0.219. The van der Waals surface area contributed by atoms with Crippen LogP contribution in [0.3, 0.4) is 0 Å². The minimum absolute atomic E-state index is 0.0901. The summed E-state index contributed by atoms with van der Waals surface area (Å²) in [7, 11) is -2.82. The van der Waals surface area contributed by atoms with Crippen molar-refractivity contribution in [1.82, 2.24) is 0 Å². The number of halogens is 2. The molecule has 0 amide bonds. The van der Waals surface area contributed by atoms with E-state index in [0.29, 0.717) is 0 Å². The standard InChI is InChI=1S/C3H5Cl2O3P/c4-1-3(2-5)8-9(6)7/h3H,1-2H2/q-2. The first-order valence-electron chi connectivity index (χ1n) is 2.13. The van der Waals surface area contributed by atoms with Crippen LogP contribution in [0.15, 0.2) is 0 Å². The van der Waals surface area contributed by atoms with E-state index in [-0.39, 0.29) is 11.8 Å². The molecule has 0 atom stereocenters. The second-order valence-electron chi connectivity index (χ2n) is 1.26. The molecule has 6 heteroatoms. The van der Waals surface area contributed by atoms with Crippen molar-refractivity contribution in [2.24, 2.45) is 0 Å². The van der Waals surface area contributed by atoms with Gasteiger partial charge in [0.1, 0.15) is 0 Å². The van der Waals surface area contributed by atoms with Crippen LogP contribution in [0.1, 0.15) is 0 Å². The number of alkyl halides is 2. The van der Waals surface area contributed by atoms with Gasteiger partial charge in [0.15, 0.2) is 0 Å². The van der Waals surface area contributed by atoms with Crippen molar-refractivity contribution in [3.05, 3.63) is 0 Å². The molecule has 9 heavy (non-hydrogen) atoms. The van der Waals surface area contributed by atoms with Gasteiger partial charge in [0.25, 0.3) is 0 Å². The molecule has 0 aromatic carbocycles. The maximum Gasteiger partial charge on any atom is 0.0855 e. The normalized spacial score (nSPS) is 11.3. The van der Waals surface area contributed by atoms with Crippen LogP contribution in [0.25, 0.3) is 0 Å². The Morgan fingerprint density at radius 2 is 1.78 bits per heavy atom. The molecule has 0 aromatic heterocycles. The second-order valence-corrected chi connectivity index (χ2v) is 2.53. The molecule has 0 aliphatic rings. The highest BCUT2D eigenvalue weighted by Gasteiger charge is 2.01. The molecular formula is C3H5Cl2O3P-2. The van der Waals surface area contributed by atoms with E-state index in [9.17, 15) is 9.79 Å². The number of hydrogen-bond acceptors (Lipinski definition) is 3. The van der Waals surface area contributed by atoms with Gasteiger partial charge >= 0.3 is 0 Å². The smallest absolute Gasteiger partial charge is 0.0855 e. The lowest BCUT2D eigenvalue weighted by Crippen LogP contribution is -2.21. The predicted molar refractivity (Wildman–Crippen MR) is 33.2 cm³/mol. The summed E-state index contributed by atoms with van der Waals surface area (Å²) in [6.07, 6.45) is -0.588. The molecular weight excluding hydrogens is 186 g/mol. The maximum absolute atomic E-state index is 9.83. The Bertz CT molecular complexity index is 68.1. The zero-order valence-corrected chi connectivity index (χ0v) is 6.83. The molecule has 0 aromatic rings. The van der Waals surface area contributed by atoms with E-state index < -0.39 is 14.7 Å². The van der Waals surface area contributed by atoms with Gasteiger partial charge in [0, 0.05) is 0 Å². The van der Waals surface area contributed by atoms with Crippen molar-refractivity contribution in [3.63, 3.8) is 0 Å². The second kappa shape index (κ2) is 5.66. The van der Waals surface area contributed by atoms with Crippen LogP contribution >= 0.6 is 31.8 Å². The average Bonchev–Trinajstić information content (AvgIpc) is 1.82. The van der Waals surface area contributed by atoms with E-state index >= 15 is 0 Å². The summed E-state index contributed by atoms with van der Waals surface area (Å²) in [5.74, 6) is 0.180. The fourth-order valence-corrected chi connectivity index (χ4v) is 1.24. The van der Waals surface area contributed by atoms with E-state index in [1.807, 2.05) is 0 Å². The van der Waals surface area contributed by atoms with Gasteiger partial charge in [0.05, 0.1) is 17.9 Å². The molecule has 0 N–H and O–H groups in total. The molecule has 0 aliphatic carbocycles. The van der Waals surface area contributed by atoms with Crippen LogP contribution in [0, 0.1) is 0 Å². The molecule has 0 fully saturated rings. The van der Waals surface area contributed by atoms with Crippen molar-refractivity contribution in [2.75, 3.05) is 11.8 Å². The zero-order chi connectivity index (χ0) is 7.28. The molecule has 0 bridgehead atoms. The van der Waals surface area contributed by atoms with E-state index in [4.69, 9.17) is 23.2 Å². The minimum Gasteiger partial charge on any atom is -0.820 e. The Morgan fingerprint density at radius 1 is 1.33 bits per heavy atom. The summed E-state index contributed by atoms with van der Waals surface area (Å²) in [6.45, 7) is 0. The lowest BCUT2D eigenvalue weighted by Gasteiger charge is -2.32. The molecule has 0 unspecified atom stereocenters. The number of rotatable bonds is 4. The van der Waals surface area contributed by atoms with Crippen molar-refractivity contribution >= 4 is 31.8 Å². The first-order chi connectivity index (χ1) is 4.20. The van der Waals surface area contributed by atoms with Crippen LogP contribution in [0.4, 0.5) is 0 Å². The molecule has 0 aliphatic heterocycles. The SMILES string of the molecule is [O-]P([O-])OC(CCl)CCl. The van der Waals surface area contributed by atoms with Gasteiger partial charge in [-0.15, -0.1) is 23.2 Å². The summed E-state index contributed by atoms with van der Waals surface area (Å²) in [4.78, 5) is 19.7. The molecule has 56 valence electrons. The minimum atomic E-state index is -2.82. The first-order valence-corrected chi connectivity index (χ1v) is 4.30. The zero-order valence-electron chi connectivity index (χ0n) is 4.42. The van der Waals surface area contributed by atoms with Gasteiger partial charge in [-0.2, -0.15) is 8.60 Å². The molecule has 0 rings (SSSR count). The Morgan fingerprint density at radius 3 is 1.89 bits per heavy atom. The molecule has 0 saturated carbocycles. The van der Waals surface area contributed by atoms with Crippen molar-refractivity contribution in [2.45, 2.75) is 6.10 Å². The topological polar surface area (TPSA) is 55.3 Å². The van der Waals surface area contributed by atoms with Crippen molar-refractivity contribution < 1.29 is 14.3 Å². The Hall–Kier alpha value is 0.890. The van der Waals surface area contributed by atoms with Gasteiger partial charge in [-0.05, 0) is 0 Å². The third-order valence-corrected chi connectivity index (χ3v) is 1.74. The van der Waals surface area contributed by atoms with Gasteiger partial charge in [0.2, 0.25) is 0 Å². The number of hydrogen-bond donors (Lipinski definition) is 0. The molecule has 0 radical (unpaired) electrons. The van der Waals surface area contributed by atoms with E-state index in [1.165, 1.54) is 0 Å². The van der Waals surface area contributed by atoms with Gasteiger partial charge in [-0.1, -0.05) is 0 Å². The predicted octanol–water partition coefficient (Wildman–Crippen LogP) is -0.203. The van der Waals surface area contributed by atoms with E-state index in [1.54, 1.807) is 0 Å². The highest BCUT2D eigenvalue weighted by molar-refractivity contribution is 7.36. The summed E-state index contributed by atoms with van der Waals surface area (Å²) in [5.41, 5.74) is 0. The van der Waals surface area contributed by atoms with Crippen LogP contribution in [0.5, 0.6) is 0 Å². The van der Waals surface area contributed by atoms with Gasteiger partial charge < -0.3 is 14.3 Å². The third kappa shape index (κ3) is 5.34. The Labute approximate surface area is 64.5 Å². The quantitative estimate of drug-likeness (QED) is 0.456. The maximum atomic E-state index is 9.83. The van der Waals surface area contributed by atoms with E-state index in [2.05, 4.69) is 4.52 Å². The fraction of sp³-hybridized carbons (Fsp3) is 1.00. The highest BCUT2D eigenvalue weighted by Crippen LogP contribution is 2.17. The van der Waals surface area contributed by atoms with Gasteiger partial charge in [-0.3, -0.25) is 0 Å². The van der Waals surface area contributed by atoms with Crippen LogP contribution < -0.4 is 9.79 Å². The lowest BCUT2D eigenvalue weighted by atomic mass is 10.5. The van der Waals surface area contributed by atoms with Crippen LogP contribution in [0.2, 0.25) is 0 Å². The summed E-state index contributed by atoms with van der Waals surface area (Å²) < 4.78 is 4.24. The third-order valence-electron chi connectivity index (χ3n) is 0.579. The Kier molecular flexibility index (Phi) is 6.22. The van der Waals surface area contributed by atoms with Gasteiger partial charge in [-0.25, -0.2) is 0 Å². The lowest BCUT2D eigenvalue weighted by molar-refractivity contribution is -0.320. The average molecular weight is 191 g/mol. The molecule has 3 nitrogen and oxygen atoms in total. The Balaban J connectivity index is 3.31. The van der Waals surface area contributed by atoms with Crippen molar-refractivity contribution in [3.8, 4) is 0 Å². The highest BCUT2D eigenvalue weighted by atomic mass is 35.5.